The summed E-state index contributed by atoms with van der Waals surface area (Å²) >= 11 is 0. The van der Waals surface area contributed by atoms with Crippen LogP contribution < -0.4 is 0 Å². The van der Waals surface area contributed by atoms with Crippen LogP contribution in [-0.4, -0.2) is 16.7 Å². The van der Waals surface area contributed by atoms with Crippen LogP contribution in [0.15, 0.2) is 18.5 Å². The van der Waals surface area contributed by atoms with Gasteiger partial charge in [0, 0.05) is 19.0 Å². The van der Waals surface area contributed by atoms with Gasteiger partial charge in [-0.25, -0.2) is 0 Å². The quantitative estimate of drug-likeness (QED) is 0.717. The Bertz CT molecular complexity index is 291. The van der Waals surface area contributed by atoms with E-state index in [1.54, 1.807) is 12.4 Å². The molecule has 1 aromatic heterocycles. The number of nitriles is 1. The van der Waals surface area contributed by atoms with E-state index in [1.807, 2.05) is 6.07 Å². The van der Waals surface area contributed by atoms with E-state index in [-0.39, 0.29) is 6.61 Å². The zero-order valence-electron chi connectivity index (χ0n) is 6.70. The minimum atomic E-state index is 0.160. The maximum atomic E-state index is 8.67. The number of aromatic nitrogens is 1. The molecule has 1 rings (SSSR count). The molecule has 0 aliphatic carbocycles. The van der Waals surface area contributed by atoms with Crippen LogP contribution in [0.1, 0.15) is 17.5 Å². The molecule has 12 heavy (non-hydrogen) atoms. The molecule has 0 atom stereocenters. The van der Waals surface area contributed by atoms with Crippen molar-refractivity contribution in [3.8, 4) is 6.07 Å². The molecule has 0 aromatic carbocycles. The van der Waals surface area contributed by atoms with Gasteiger partial charge in [0.05, 0.1) is 5.56 Å². The zero-order valence-corrected chi connectivity index (χ0v) is 6.70. The average Bonchev–Trinajstić information content (AvgIpc) is 2.15. The molecule has 0 bridgehead atoms. The lowest BCUT2D eigenvalue weighted by atomic mass is 10.1. The normalized spacial score (nSPS) is 9.33. The molecule has 0 aliphatic heterocycles. The van der Waals surface area contributed by atoms with Crippen LogP contribution in [0, 0.1) is 11.3 Å². The molecule has 0 unspecified atom stereocenters. The first-order valence-electron chi connectivity index (χ1n) is 3.82. The Morgan fingerprint density at radius 2 is 2.42 bits per heavy atom. The van der Waals surface area contributed by atoms with E-state index in [0.717, 1.165) is 12.0 Å². The van der Waals surface area contributed by atoms with Crippen LogP contribution in [-0.2, 0) is 6.42 Å². The van der Waals surface area contributed by atoms with Gasteiger partial charge in [0.2, 0.25) is 0 Å². The molecule has 0 aliphatic rings. The largest absolute Gasteiger partial charge is 0.396 e. The zero-order chi connectivity index (χ0) is 8.81. The van der Waals surface area contributed by atoms with Gasteiger partial charge >= 0.3 is 0 Å². The minimum Gasteiger partial charge on any atom is -0.396 e. The highest BCUT2D eigenvalue weighted by Crippen LogP contribution is 2.07. The lowest BCUT2D eigenvalue weighted by molar-refractivity contribution is 0.288. The predicted octanol–water partition coefficient (Wildman–Crippen LogP) is 0.878. The third-order valence-corrected chi connectivity index (χ3v) is 1.64. The molecule has 3 nitrogen and oxygen atoms in total. The van der Waals surface area contributed by atoms with Gasteiger partial charge in [-0.2, -0.15) is 5.26 Å². The Morgan fingerprint density at radius 1 is 1.58 bits per heavy atom. The summed E-state index contributed by atoms with van der Waals surface area (Å²) in [4.78, 5) is 3.84. The molecule has 0 fully saturated rings. The van der Waals surface area contributed by atoms with Crippen LogP contribution >= 0.6 is 0 Å². The smallest absolute Gasteiger partial charge is 0.101 e. The van der Waals surface area contributed by atoms with E-state index in [1.165, 1.54) is 0 Å². The lowest BCUT2D eigenvalue weighted by Crippen LogP contribution is -1.93. The summed E-state index contributed by atoms with van der Waals surface area (Å²) in [5.74, 6) is 0. The maximum Gasteiger partial charge on any atom is 0.101 e. The topological polar surface area (TPSA) is 56.9 Å². The van der Waals surface area contributed by atoms with Crippen molar-refractivity contribution in [2.24, 2.45) is 0 Å². The average molecular weight is 162 g/mol. The monoisotopic (exact) mass is 162 g/mol. The standard InChI is InChI=1S/C9H10N2O/c10-6-9-7-11-4-3-8(9)2-1-5-12/h3-4,7,12H,1-2,5H2. The molecule has 0 radical (unpaired) electrons. The number of aliphatic hydroxyl groups excluding tert-OH is 1. The van der Waals surface area contributed by atoms with E-state index in [4.69, 9.17) is 10.4 Å². The summed E-state index contributed by atoms with van der Waals surface area (Å²) < 4.78 is 0. The highest BCUT2D eigenvalue weighted by Gasteiger charge is 1.99. The number of hydrogen-bond donors (Lipinski definition) is 1. The van der Waals surface area contributed by atoms with Crippen molar-refractivity contribution in [1.29, 1.82) is 5.26 Å². The highest BCUT2D eigenvalue weighted by atomic mass is 16.2. The Labute approximate surface area is 71.3 Å². The second kappa shape index (κ2) is 4.47. The summed E-state index contributed by atoms with van der Waals surface area (Å²) in [7, 11) is 0. The number of pyridine rings is 1. The summed E-state index contributed by atoms with van der Waals surface area (Å²) in [6, 6.07) is 3.87. The van der Waals surface area contributed by atoms with E-state index in [0.29, 0.717) is 12.0 Å². The number of hydrogen-bond acceptors (Lipinski definition) is 3. The third-order valence-electron chi connectivity index (χ3n) is 1.64. The molecular formula is C9H10N2O. The summed E-state index contributed by atoms with van der Waals surface area (Å²) in [5.41, 5.74) is 1.56. The van der Waals surface area contributed by atoms with Crippen molar-refractivity contribution < 1.29 is 5.11 Å². The molecule has 0 amide bonds. The first-order valence-corrected chi connectivity index (χ1v) is 3.82. The van der Waals surface area contributed by atoms with Gasteiger partial charge in [0.15, 0.2) is 0 Å². The molecule has 3 heteroatoms. The Morgan fingerprint density at radius 3 is 3.08 bits per heavy atom. The molecule has 0 saturated carbocycles. The first-order chi connectivity index (χ1) is 5.88. The number of aliphatic hydroxyl groups is 1. The SMILES string of the molecule is N#Cc1cnccc1CCCO. The van der Waals surface area contributed by atoms with Crippen molar-refractivity contribution in [3.63, 3.8) is 0 Å². The van der Waals surface area contributed by atoms with Crippen molar-refractivity contribution in [3.05, 3.63) is 29.6 Å². The van der Waals surface area contributed by atoms with Crippen LogP contribution in [0.25, 0.3) is 0 Å². The summed E-state index contributed by atoms with van der Waals surface area (Å²) in [5, 5.41) is 17.3. The van der Waals surface area contributed by atoms with Crippen LogP contribution in [0.4, 0.5) is 0 Å². The molecule has 1 aromatic rings. The fourth-order valence-electron chi connectivity index (χ4n) is 1.01. The van der Waals surface area contributed by atoms with E-state index < -0.39 is 0 Å². The van der Waals surface area contributed by atoms with Crippen LogP contribution in [0.2, 0.25) is 0 Å². The number of aryl methyl sites for hydroxylation is 1. The van der Waals surface area contributed by atoms with E-state index in [2.05, 4.69) is 11.1 Å². The van der Waals surface area contributed by atoms with Gasteiger partial charge in [-0.15, -0.1) is 0 Å². The predicted molar refractivity (Wildman–Crippen MR) is 44.4 cm³/mol. The van der Waals surface area contributed by atoms with Gasteiger partial charge in [0.1, 0.15) is 6.07 Å². The molecule has 1 heterocycles. The molecular weight excluding hydrogens is 152 g/mol. The second-order valence-corrected chi connectivity index (χ2v) is 2.47. The van der Waals surface area contributed by atoms with E-state index >= 15 is 0 Å². The fourth-order valence-corrected chi connectivity index (χ4v) is 1.01. The first kappa shape index (κ1) is 8.69. The Kier molecular flexibility index (Phi) is 3.24. The maximum absolute atomic E-state index is 8.67. The molecule has 0 saturated heterocycles. The van der Waals surface area contributed by atoms with Gasteiger partial charge in [-0.05, 0) is 24.5 Å². The van der Waals surface area contributed by atoms with Crippen LogP contribution in [0.5, 0.6) is 0 Å². The third kappa shape index (κ3) is 2.04. The van der Waals surface area contributed by atoms with Crippen molar-refractivity contribution >= 4 is 0 Å². The Hall–Kier alpha value is -1.40. The van der Waals surface area contributed by atoms with Crippen molar-refractivity contribution in [2.75, 3.05) is 6.61 Å². The number of rotatable bonds is 3. The minimum absolute atomic E-state index is 0.160. The number of nitrogens with zero attached hydrogens (tertiary/aromatic N) is 2. The van der Waals surface area contributed by atoms with Gasteiger partial charge in [-0.1, -0.05) is 0 Å². The van der Waals surface area contributed by atoms with Gasteiger partial charge in [0.25, 0.3) is 0 Å². The van der Waals surface area contributed by atoms with Gasteiger partial charge in [-0.3, -0.25) is 4.98 Å². The molecule has 0 spiro atoms. The molecule has 62 valence electrons. The lowest BCUT2D eigenvalue weighted by Gasteiger charge is -1.99. The van der Waals surface area contributed by atoms with Gasteiger partial charge < -0.3 is 5.11 Å². The van der Waals surface area contributed by atoms with Crippen molar-refractivity contribution in [1.82, 2.24) is 4.98 Å². The van der Waals surface area contributed by atoms with Crippen LogP contribution in [0.3, 0.4) is 0 Å². The van der Waals surface area contributed by atoms with Crippen molar-refractivity contribution in [2.45, 2.75) is 12.8 Å². The fraction of sp³-hybridized carbons (Fsp3) is 0.333. The molecule has 1 N–H and O–H groups in total. The summed E-state index contributed by atoms with van der Waals surface area (Å²) in [6.07, 6.45) is 4.64. The summed E-state index contributed by atoms with van der Waals surface area (Å²) in [6.45, 7) is 0.160. The second-order valence-electron chi connectivity index (χ2n) is 2.47. The highest BCUT2D eigenvalue weighted by molar-refractivity contribution is 5.34. The van der Waals surface area contributed by atoms with E-state index in [9.17, 15) is 0 Å². The Balaban J connectivity index is 2.77.